The first-order valence-electron chi connectivity index (χ1n) is 10.2. The molecule has 2 aliphatic rings. The van der Waals surface area contributed by atoms with Crippen molar-refractivity contribution in [3.8, 4) is 10.6 Å². The third kappa shape index (κ3) is 4.06. The zero-order chi connectivity index (χ0) is 24.1. The second kappa shape index (κ2) is 8.37. The van der Waals surface area contributed by atoms with Crippen LogP contribution in [0.15, 0.2) is 52.8 Å². The van der Waals surface area contributed by atoms with Crippen molar-refractivity contribution in [1.29, 1.82) is 0 Å². The molecule has 0 atom stereocenters. The number of nitrogens with two attached hydrogens (primary N) is 1. The summed E-state index contributed by atoms with van der Waals surface area (Å²) in [6.07, 6.45) is -2.13. The third-order valence-corrected chi connectivity index (χ3v) is 8.39. The van der Waals surface area contributed by atoms with E-state index in [1.807, 2.05) is 0 Å². The van der Waals surface area contributed by atoms with Gasteiger partial charge in [0.25, 0.3) is 0 Å². The number of aromatic nitrogens is 3. The SMILES string of the molecule is NC1=C(C(F)(F)F)C=C(c2cnc3sc(-c4ccc(S(=O)(=O)N5CCOCC5)cc4)nn23)CN1. The van der Waals surface area contributed by atoms with Crippen molar-refractivity contribution in [1.82, 2.24) is 24.2 Å². The molecule has 5 rings (SSSR count). The normalized spacial score (nSPS) is 18.3. The summed E-state index contributed by atoms with van der Waals surface area (Å²) in [4.78, 5) is 4.93. The topological polar surface area (TPSA) is 115 Å². The first-order valence-corrected chi connectivity index (χ1v) is 12.4. The smallest absolute Gasteiger partial charge is 0.385 e. The highest BCUT2D eigenvalue weighted by Crippen LogP contribution is 2.34. The summed E-state index contributed by atoms with van der Waals surface area (Å²) in [6, 6.07) is 6.33. The predicted molar refractivity (Wildman–Crippen MR) is 119 cm³/mol. The minimum Gasteiger partial charge on any atom is -0.385 e. The quantitative estimate of drug-likeness (QED) is 0.551. The number of hydrogen-bond donors (Lipinski definition) is 2. The lowest BCUT2D eigenvalue weighted by Crippen LogP contribution is -2.40. The monoisotopic (exact) mass is 512 g/mol. The van der Waals surface area contributed by atoms with Crippen LogP contribution < -0.4 is 11.1 Å². The molecule has 34 heavy (non-hydrogen) atoms. The summed E-state index contributed by atoms with van der Waals surface area (Å²) in [6.45, 7) is 1.42. The molecule has 3 N–H and O–H groups in total. The molecular formula is C20H19F3N6O3S2. The van der Waals surface area contributed by atoms with Crippen LogP contribution in [0.1, 0.15) is 5.69 Å². The molecule has 1 aromatic carbocycles. The maximum Gasteiger partial charge on any atom is 0.419 e. The van der Waals surface area contributed by atoms with E-state index in [2.05, 4.69) is 15.4 Å². The Hall–Kier alpha value is -2.94. The largest absolute Gasteiger partial charge is 0.419 e. The molecule has 0 radical (unpaired) electrons. The van der Waals surface area contributed by atoms with Gasteiger partial charge in [0, 0.05) is 25.2 Å². The fourth-order valence-electron chi connectivity index (χ4n) is 3.72. The van der Waals surface area contributed by atoms with Crippen molar-refractivity contribution in [3.05, 3.63) is 53.6 Å². The van der Waals surface area contributed by atoms with Crippen molar-refractivity contribution >= 4 is 31.9 Å². The van der Waals surface area contributed by atoms with Gasteiger partial charge >= 0.3 is 6.18 Å². The van der Waals surface area contributed by atoms with E-state index in [0.717, 1.165) is 6.08 Å². The van der Waals surface area contributed by atoms with Crippen LogP contribution in [0.5, 0.6) is 0 Å². The van der Waals surface area contributed by atoms with E-state index < -0.39 is 27.6 Å². The van der Waals surface area contributed by atoms with Crippen LogP contribution in [-0.4, -0.2) is 66.3 Å². The Morgan fingerprint density at radius 3 is 2.53 bits per heavy atom. The number of hydrogen-bond acceptors (Lipinski definition) is 8. The minimum atomic E-state index is -4.59. The second-order valence-corrected chi connectivity index (χ2v) is 10.5. The number of benzene rings is 1. The second-order valence-electron chi connectivity index (χ2n) is 7.63. The Bertz CT molecular complexity index is 1400. The van der Waals surface area contributed by atoms with Crippen LogP contribution in [0.25, 0.3) is 21.1 Å². The number of sulfonamides is 1. The fraction of sp³-hybridized carbons (Fsp3) is 0.300. The van der Waals surface area contributed by atoms with Gasteiger partial charge in [-0.15, -0.1) is 0 Å². The number of dihydropyridines is 1. The minimum absolute atomic E-state index is 0.0974. The van der Waals surface area contributed by atoms with Gasteiger partial charge in [-0.25, -0.2) is 17.9 Å². The lowest BCUT2D eigenvalue weighted by molar-refractivity contribution is -0.0894. The van der Waals surface area contributed by atoms with E-state index >= 15 is 0 Å². The highest BCUT2D eigenvalue weighted by molar-refractivity contribution is 7.89. The first kappa shape index (κ1) is 22.8. The Labute approximate surface area is 196 Å². The van der Waals surface area contributed by atoms with Crippen LogP contribution in [0.2, 0.25) is 0 Å². The van der Waals surface area contributed by atoms with Crippen LogP contribution >= 0.6 is 11.3 Å². The molecule has 2 aliphatic heterocycles. The number of imidazole rings is 1. The van der Waals surface area contributed by atoms with E-state index in [-0.39, 0.29) is 11.4 Å². The lowest BCUT2D eigenvalue weighted by atomic mass is 10.1. The molecule has 0 saturated carbocycles. The third-order valence-electron chi connectivity index (χ3n) is 5.51. The Morgan fingerprint density at radius 2 is 1.85 bits per heavy atom. The Balaban J connectivity index is 1.44. The molecular weight excluding hydrogens is 493 g/mol. The van der Waals surface area contributed by atoms with E-state index in [0.29, 0.717) is 53.1 Å². The molecule has 0 bridgehead atoms. The average molecular weight is 513 g/mol. The number of alkyl halides is 3. The van der Waals surface area contributed by atoms with Gasteiger partial charge in [-0.3, -0.25) is 0 Å². The summed E-state index contributed by atoms with van der Waals surface area (Å²) < 4.78 is 73.5. The molecule has 9 nitrogen and oxygen atoms in total. The number of rotatable bonds is 4. The van der Waals surface area contributed by atoms with Crippen LogP contribution in [0.3, 0.4) is 0 Å². The van der Waals surface area contributed by atoms with Gasteiger partial charge in [-0.2, -0.15) is 22.6 Å². The van der Waals surface area contributed by atoms with Gasteiger partial charge < -0.3 is 15.8 Å². The van der Waals surface area contributed by atoms with Crippen molar-refractivity contribution < 1.29 is 26.3 Å². The number of halogens is 3. The van der Waals surface area contributed by atoms with E-state index in [1.165, 1.54) is 38.5 Å². The fourth-order valence-corrected chi connectivity index (χ4v) is 6.01. The van der Waals surface area contributed by atoms with Crippen molar-refractivity contribution in [2.75, 3.05) is 32.8 Å². The highest BCUT2D eigenvalue weighted by atomic mass is 32.2. The molecule has 2 aromatic heterocycles. The van der Waals surface area contributed by atoms with Gasteiger partial charge in [0.05, 0.1) is 35.6 Å². The number of morpholine rings is 1. The van der Waals surface area contributed by atoms with Crippen molar-refractivity contribution in [2.45, 2.75) is 11.1 Å². The molecule has 4 heterocycles. The molecule has 180 valence electrons. The molecule has 0 amide bonds. The maximum atomic E-state index is 13.3. The molecule has 1 saturated heterocycles. The van der Waals surface area contributed by atoms with E-state index in [4.69, 9.17) is 10.5 Å². The average Bonchev–Trinajstić information content (AvgIpc) is 3.41. The molecule has 0 aliphatic carbocycles. The Morgan fingerprint density at radius 1 is 1.15 bits per heavy atom. The number of fused-ring (bicyclic) bond motifs is 1. The standard InChI is InChI=1S/C20H19F3N6O3S2/c21-20(22,23)15-9-13(10-25-17(15)24)16-11-26-19-29(16)27-18(33-19)12-1-3-14(4-2-12)34(30,31)28-5-7-32-8-6-28/h1-4,9,11,25H,5-8,10,24H2. The summed E-state index contributed by atoms with van der Waals surface area (Å²) in [5.74, 6) is -0.428. The number of nitrogens with zero attached hydrogens (tertiary/aromatic N) is 4. The van der Waals surface area contributed by atoms with Gasteiger partial charge in [0.1, 0.15) is 10.8 Å². The van der Waals surface area contributed by atoms with Gasteiger partial charge in [-0.05, 0) is 23.8 Å². The van der Waals surface area contributed by atoms with Crippen molar-refractivity contribution in [2.24, 2.45) is 5.73 Å². The number of nitrogens with one attached hydrogen (secondary N) is 1. The van der Waals surface area contributed by atoms with Crippen LogP contribution in [0.4, 0.5) is 13.2 Å². The molecule has 1 fully saturated rings. The summed E-state index contributed by atoms with van der Waals surface area (Å²) in [5.41, 5.74) is 5.95. The van der Waals surface area contributed by atoms with E-state index in [9.17, 15) is 21.6 Å². The summed E-state index contributed by atoms with van der Waals surface area (Å²) >= 11 is 1.24. The zero-order valence-electron chi connectivity index (χ0n) is 17.5. The summed E-state index contributed by atoms with van der Waals surface area (Å²) in [5, 5.41) is 7.62. The number of allylic oxidation sites excluding steroid dienone is 2. The molecule has 14 heteroatoms. The zero-order valence-corrected chi connectivity index (χ0v) is 19.2. The van der Waals surface area contributed by atoms with Crippen LogP contribution in [0, 0.1) is 0 Å². The summed E-state index contributed by atoms with van der Waals surface area (Å²) in [7, 11) is -3.62. The predicted octanol–water partition coefficient (Wildman–Crippen LogP) is 2.20. The molecule has 0 spiro atoms. The van der Waals surface area contributed by atoms with Crippen molar-refractivity contribution in [3.63, 3.8) is 0 Å². The van der Waals surface area contributed by atoms with Gasteiger partial charge in [0.2, 0.25) is 15.0 Å². The molecule has 3 aromatic rings. The van der Waals surface area contributed by atoms with E-state index in [1.54, 1.807) is 12.1 Å². The maximum absolute atomic E-state index is 13.3. The Kier molecular flexibility index (Phi) is 5.62. The van der Waals surface area contributed by atoms with Crippen LogP contribution in [-0.2, 0) is 14.8 Å². The molecule has 0 unspecified atom stereocenters. The highest BCUT2D eigenvalue weighted by Gasteiger charge is 2.37. The van der Waals surface area contributed by atoms with Gasteiger partial charge in [0.15, 0.2) is 0 Å². The lowest BCUT2D eigenvalue weighted by Gasteiger charge is -2.26. The van der Waals surface area contributed by atoms with Gasteiger partial charge in [-0.1, -0.05) is 23.5 Å². The number of ether oxygens (including phenoxy) is 1. The first-order chi connectivity index (χ1) is 16.1.